The predicted molar refractivity (Wildman–Crippen MR) is 202 cm³/mol. The van der Waals surface area contributed by atoms with E-state index in [2.05, 4.69) is 41.7 Å². The van der Waals surface area contributed by atoms with Crippen LogP contribution in [0.15, 0.2) is 122 Å². The van der Waals surface area contributed by atoms with Crippen molar-refractivity contribution in [1.29, 1.82) is 0 Å². The summed E-state index contributed by atoms with van der Waals surface area (Å²) >= 11 is 0. The Hall–Kier alpha value is -5.68. The lowest BCUT2D eigenvalue weighted by molar-refractivity contribution is 0.0920. The van der Waals surface area contributed by atoms with E-state index < -0.39 is 26.7 Å². The van der Waals surface area contributed by atoms with Crippen molar-refractivity contribution in [2.45, 2.75) is 44.8 Å². The average molecular weight is 715 g/mol. The maximum absolute atomic E-state index is 14.5. The Bertz CT molecular complexity index is 2410. The minimum Gasteiger partial charge on any atom is -0.347 e. The van der Waals surface area contributed by atoms with Gasteiger partial charge in [-0.05, 0) is 62.1 Å². The van der Waals surface area contributed by atoms with E-state index in [0.717, 1.165) is 16.7 Å². The zero-order valence-electron chi connectivity index (χ0n) is 29.4. The number of aromatic nitrogens is 5. The number of carbonyl (C=O) groups excluding carboxylic acids is 1. The van der Waals surface area contributed by atoms with Crippen LogP contribution < -0.4 is 5.32 Å². The van der Waals surface area contributed by atoms with Crippen molar-refractivity contribution in [3.63, 3.8) is 0 Å². The highest BCUT2D eigenvalue weighted by molar-refractivity contribution is 7.90. The second-order valence-electron chi connectivity index (χ2n) is 14.1. The molecule has 0 bridgehead atoms. The highest BCUT2D eigenvalue weighted by Crippen LogP contribution is 2.43. The van der Waals surface area contributed by atoms with Gasteiger partial charge in [0.1, 0.15) is 38.1 Å². The molecule has 52 heavy (non-hydrogen) atoms. The van der Waals surface area contributed by atoms with Crippen LogP contribution in [0, 0.1) is 5.82 Å². The molecule has 0 aliphatic carbocycles. The number of hydrogen-bond donors (Lipinski definition) is 1. The molecular weight excluding hydrogens is 676 g/mol. The third-order valence-corrected chi connectivity index (χ3v) is 10.0. The summed E-state index contributed by atoms with van der Waals surface area (Å²) in [6.07, 6.45) is 4.95. The van der Waals surface area contributed by atoms with Gasteiger partial charge in [-0.25, -0.2) is 22.8 Å². The molecule has 3 heterocycles. The quantitative estimate of drug-likeness (QED) is 0.148. The van der Waals surface area contributed by atoms with E-state index in [1.807, 2.05) is 86.1 Å². The highest BCUT2D eigenvalue weighted by atomic mass is 32.2. The van der Waals surface area contributed by atoms with Crippen LogP contribution in [0.2, 0.25) is 0 Å². The van der Waals surface area contributed by atoms with E-state index in [1.165, 1.54) is 18.4 Å². The molecule has 0 fully saturated rings. The third-order valence-electron chi connectivity index (χ3n) is 9.01. The van der Waals surface area contributed by atoms with Gasteiger partial charge in [-0.15, -0.1) is 0 Å². The highest BCUT2D eigenvalue weighted by Gasteiger charge is 2.41. The standard InChI is InChI=1S/C41H39FN6O3S/c1-40(2,3)45-39(49)33-27-47(41(28-15-8-5-9-16-28,29-17-10-6-11-18-29)30-19-12-7-13-20-30)38-37(33)44-34(26-43-38)36-32-22-21-31(42)25-35(32)48(46-36)23-14-24-52(4,50)51/h5-13,15-22,25-27H,14,23-24H2,1-4H3,(H,45,49). The summed E-state index contributed by atoms with van der Waals surface area (Å²) in [5.41, 5.74) is 3.87. The van der Waals surface area contributed by atoms with E-state index >= 15 is 0 Å². The molecule has 0 unspecified atom stereocenters. The van der Waals surface area contributed by atoms with Crippen LogP contribution in [0.4, 0.5) is 4.39 Å². The van der Waals surface area contributed by atoms with E-state index in [-0.39, 0.29) is 18.2 Å². The maximum atomic E-state index is 14.5. The first kappa shape index (κ1) is 34.8. The largest absolute Gasteiger partial charge is 0.347 e. The summed E-state index contributed by atoms with van der Waals surface area (Å²) in [5, 5.41) is 8.55. The first-order valence-electron chi connectivity index (χ1n) is 17.1. The van der Waals surface area contributed by atoms with E-state index in [9.17, 15) is 17.6 Å². The second kappa shape index (κ2) is 13.5. The van der Waals surface area contributed by atoms with Crippen molar-refractivity contribution in [3.8, 4) is 11.4 Å². The van der Waals surface area contributed by atoms with Crippen molar-refractivity contribution in [3.05, 3.63) is 150 Å². The van der Waals surface area contributed by atoms with E-state index in [4.69, 9.17) is 15.1 Å². The number of benzene rings is 4. The van der Waals surface area contributed by atoms with Gasteiger partial charge in [0.05, 0.1) is 23.0 Å². The number of amides is 1. The first-order chi connectivity index (χ1) is 24.8. The molecule has 1 N–H and O–H groups in total. The molecule has 1 amide bonds. The van der Waals surface area contributed by atoms with Gasteiger partial charge in [0, 0.05) is 29.9 Å². The summed E-state index contributed by atoms with van der Waals surface area (Å²) in [6.45, 7) is 6.02. The molecule has 0 saturated carbocycles. The number of nitrogens with zero attached hydrogens (tertiary/aromatic N) is 5. The summed E-state index contributed by atoms with van der Waals surface area (Å²) in [4.78, 5) is 24.4. The lowest BCUT2D eigenvalue weighted by Crippen LogP contribution is -2.40. The fourth-order valence-corrected chi connectivity index (χ4v) is 7.53. The van der Waals surface area contributed by atoms with Crippen LogP contribution in [0.25, 0.3) is 33.5 Å². The molecule has 0 aliphatic heterocycles. The molecule has 4 aromatic carbocycles. The summed E-state index contributed by atoms with van der Waals surface area (Å²) in [6, 6.07) is 34.7. The molecule has 0 aliphatic rings. The first-order valence-corrected chi connectivity index (χ1v) is 19.1. The van der Waals surface area contributed by atoms with E-state index in [1.54, 1.807) is 16.9 Å². The van der Waals surface area contributed by atoms with E-state index in [0.29, 0.717) is 45.4 Å². The lowest BCUT2D eigenvalue weighted by atomic mass is 9.76. The summed E-state index contributed by atoms with van der Waals surface area (Å²) < 4.78 is 41.9. The average Bonchev–Trinajstić information content (AvgIpc) is 3.67. The topological polar surface area (TPSA) is 112 Å². The molecule has 3 aromatic heterocycles. The van der Waals surface area contributed by atoms with Crippen molar-refractivity contribution in [2.75, 3.05) is 12.0 Å². The van der Waals surface area contributed by atoms with Crippen LogP contribution in [-0.2, 0) is 21.9 Å². The van der Waals surface area contributed by atoms with Gasteiger partial charge in [0.15, 0.2) is 5.65 Å². The Kier molecular flexibility index (Phi) is 9.00. The Labute approximate surface area is 302 Å². The maximum Gasteiger partial charge on any atom is 0.255 e. The minimum absolute atomic E-state index is 0.0312. The molecule has 264 valence electrons. The van der Waals surface area contributed by atoms with Crippen LogP contribution in [0.3, 0.4) is 0 Å². The molecule has 7 rings (SSSR count). The molecule has 7 aromatic rings. The number of hydrogen-bond acceptors (Lipinski definition) is 6. The van der Waals surface area contributed by atoms with Crippen LogP contribution in [0.5, 0.6) is 0 Å². The zero-order valence-corrected chi connectivity index (χ0v) is 30.2. The van der Waals surface area contributed by atoms with Gasteiger partial charge in [-0.1, -0.05) is 91.0 Å². The van der Waals surface area contributed by atoms with Gasteiger partial charge < -0.3 is 9.88 Å². The second-order valence-corrected chi connectivity index (χ2v) is 16.3. The zero-order chi connectivity index (χ0) is 36.7. The number of rotatable bonds is 10. The smallest absolute Gasteiger partial charge is 0.255 e. The Morgan fingerprint density at radius 2 is 1.42 bits per heavy atom. The monoisotopic (exact) mass is 714 g/mol. The molecule has 9 nitrogen and oxygen atoms in total. The molecule has 0 spiro atoms. The number of fused-ring (bicyclic) bond motifs is 2. The fraction of sp³-hybridized carbons (Fsp3) is 0.220. The Balaban J connectivity index is 1.51. The number of carbonyl (C=O) groups is 1. The van der Waals surface area contributed by atoms with Gasteiger partial charge in [0.25, 0.3) is 5.91 Å². The van der Waals surface area contributed by atoms with Gasteiger partial charge in [-0.3, -0.25) is 9.48 Å². The van der Waals surface area contributed by atoms with Crippen molar-refractivity contribution in [1.82, 2.24) is 29.6 Å². The van der Waals surface area contributed by atoms with Crippen molar-refractivity contribution >= 4 is 37.8 Å². The molecule has 0 saturated heterocycles. The summed E-state index contributed by atoms with van der Waals surface area (Å²) in [7, 11) is -3.20. The molecule has 11 heteroatoms. The van der Waals surface area contributed by atoms with Crippen LogP contribution in [0.1, 0.15) is 54.2 Å². The number of sulfone groups is 1. The summed E-state index contributed by atoms with van der Waals surface area (Å²) in [5.74, 6) is -0.789. The Morgan fingerprint density at radius 3 is 1.96 bits per heavy atom. The normalized spacial score (nSPS) is 12.4. The molecule has 0 atom stereocenters. The van der Waals surface area contributed by atoms with Crippen LogP contribution >= 0.6 is 0 Å². The predicted octanol–water partition coefficient (Wildman–Crippen LogP) is 7.39. The lowest BCUT2D eigenvalue weighted by Gasteiger charge is -2.38. The van der Waals surface area contributed by atoms with Crippen molar-refractivity contribution in [2.24, 2.45) is 0 Å². The SMILES string of the molecule is CC(C)(C)NC(=O)c1cn(C(c2ccccc2)(c2ccccc2)c2ccccc2)c2ncc(-c3nn(CCCS(C)(=O)=O)c4cc(F)ccc34)nc12. The van der Waals surface area contributed by atoms with Crippen LogP contribution in [-0.4, -0.2) is 56.2 Å². The number of halogens is 1. The third kappa shape index (κ3) is 6.59. The van der Waals surface area contributed by atoms with Gasteiger partial charge in [0.2, 0.25) is 0 Å². The minimum atomic E-state index is -3.20. The van der Waals surface area contributed by atoms with Gasteiger partial charge in [-0.2, -0.15) is 5.10 Å². The van der Waals surface area contributed by atoms with Gasteiger partial charge >= 0.3 is 0 Å². The Morgan fingerprint density at radius 1 is 0.846 bits per heavy atom. The number of nitrogens with one attached hydrogen (secondary N) is 1. The number of aryl methyl sites for hydroxylation is 1. The van der Waals surface area contributed by atoms with Crippen molar-refractivity contribution < 1.29 is 17.6 Å². The molecule has 0 radical (unpaired) electrons. The fourth-order valence-electron chi connectivity index (χ4n) is 6.87. The molecular formula is C41H39FN6O3S.